The van der Waals surface area contributed by atoms with E-state index in [1.807, 2.05) is 6.07 Å². The van der Waals surface area contributed by atoms with Crippen LogP contribution in [0.25, 0.3) is 0 Å². The Bertz CT molecular complexity index is 719. The molecule has 0 spiro atoms. The molecule has 1 aromatic heterocycles. The van der Waals surface area contributed by atoms with E-state index in [0.717, 1.165) is 0 Å². The van der Waals surface area contributed by atoms with Crippen molar-refractivity contribution in [1.82, 2.24) is 0 Å². The molecule has 2 heterocycles. The van der Waals surface area contributed by atoms with Gasteiger partial charge in [-0.05, 0) is 29.8 Å². The van der Waals surface area contributed by atoms with Crippen LogP contribution in [0.3, 0.4) is 0 Å². The van der Waals surface area contributed by atoms with E-state index in [1.54, 1.807) is 30.3 Å². The van der Waals surface area contributed by atoms with Crippen molar-refractivity contribution in [3.05, 3.63) is 45.1 Å². The molecule has 1 atom stereocenters. The average molecular weight is 306 g/mol. The second-order valence-corrected chi connectivity index (χ2v) is 5.86. The lowest BCUT2D eigenvalue weighted by molar-refractivity contribution is 0.0983. The van der Waals surface area contributed by atoms with Crippen LogP contribution in [0.2, 0.25) is 4.34 Å². The van der Waals surface area contributed by atoms with Gasteiger partial charge in [-0.15, -0.1) is 11.3 Å². The quantitative estimate of drug-likeness (QED) is 0.813. The summed E-state index contributed by atoms with van der Waals surface area (Å²) in [4.78, 5) is 12.8. The summed E-state index contributed by atoms with van der Waals surface area (Å²) >= 11 is 6.99. The lowest BCUT2D eigenvalue weighted by Gasteiger charge is -2.08. The summed E-state index contributed by atoms with van der Waals surface area (Å²) in [6.45, 7) is 0.157. The standard InChI is InChI=1S/C14H8ClNO3S/c15-13-4-3-12(20-13)14(17)9(6-16)8-1-2-10-11(5-8)19-7-18-10/h1-5,9H,7H2. The third kappa shape index (κ3) is 2.24. The molecule has 0 N–H and O–H groups in total. The number of benzene rings is 1. The van der Waals surface area contributed by atoms with E-state index < -0.39 is 5.92 Å². The summed E-state index contributed by atoms with van der Waals surface area (Å²) in [5, 5.41) is 9.30. The third-order valence-electron chi connectivity index (χ3n) is 2.94. The van der Waals surface area contributed by atoms with E-state index in [2.05, 4.69) is 0 Å². The number of ketones is 1. The van der Waals surface area contributed by atoms with E-state index in [4.69, 9.17) is 21.1 Å². The first-order chi connectivity index (χ1) is 9.69. The summed E-state index contributed by atoms with van der Waals surface area (Å²) in [6, 6.07) is 10.4. The number of ether oxygens (including phenoxy) is 2. The first-order valence-corrected chi connectivity index (χ1v) is 6.97. The highest BCUT2D eigenvalue weighted by Crippen LogP contribution is 2.36. The number of hydrogen-bond donors (Lipinski definition) is 0. The number of Topliss-reactive ketones (excluding diaryl/α,β-unsaturated/α-hetero) is 1. The van der Waals surface area contributed by atoms with E-state index >= 15 is 0 Å². The van der Waals surface area contributed by atoms with Gasteiger partial charge in [-0.1, -0.05) is 17.7 Å². The van der Waals surface area contributed by atoms with Crippen molar-refractivity contribution >= 4 is 28.7 Å². The molecule has 4 nitrogen and oxygen atoms in total. The van der Waals surface area contributed by atoms with Gasteiger partial charge in [0.05, 0.1) is 15.3 Å². The largest absolute Gasteiger partial charge is 0.454 e. The van der Waals surface area contributed by atoms with Gasteiger partial charge in [0.1, 0.15) is 5.92 Å². The molecule has 2 aromatic rings. The monoisotopic (exact) mass is 305 g/mol. The predicted molar refractivity (Wildman–Crippen MR) is 74.6 cm³/mol. The van der Waals surface area contributed by atoms with Crippen molar-refractivity contribution in [2.45, 2.75) is 5.92 Å². The van der Waals surface area contributed by atoms with Crippen molar-refractivity contribution in [3.63, 3.8) is 0 Å². The normalized spacial score (nSPS) is 13.8. The van der Waals surface area contributed by atoms with Gasteiger partial charge in [-0.2, -0.15) is 5.26 Å². The van der Waals surface area contributed by atoms with Crippen molar-refractivity contribution in [2.75, 3.05) is 6.79 Å². The average Bonchev–Trinajstić information content (AvgIpc) is 3.07. The molecule has 0 amide bonds. The molecule has 3 rings (SSSR count). The fraction of sp³-hybridized carbons (Fsp3) is 0.143. The Morgan fingerprint density at radius 2 is 2.10 bits per heavy atom. The molecule has 6 heteroatoms. The summed E-state index contributed by atoms with van der Waals surface area (Å²) in [5.41, 5.74) is 0.589. The molecule has 1 unspecified atom stereocenters. The Balaban J connectivity index is 1.94. The third-order valence-corrected chi connectivity index (χ3v) is 4.18. The minimum Gasteiger partial charge on any atom is -0.454 e. The summed E-state index contributed by atoms with van der Waals surface area (Å²) in [7, 11) is 0. The highest BCUT2D eigenvalue weighted by Gasteiger charge is 2.25. The molecular weight excluding hydrogens is 298 g/mol. The minimum absolute atomic E-state index is 0.157. The fourth-order valence-corrected chi connectivity index (χ4v) is 2.98. The van der Waals surface area contributed by atoms with Crippen molar-refractivity contribution in [3.8, 4) is 17.6 Å². The number of halogens is 1. The number of nitriles is 1. The Kier molecular flexibility index (Phi) is 3.35. The lowest BCUT2D eigenvalue weighted by Crippen LogP contribution is -2.09. The lowest BCUT2D eigenvalue weighted by atomic mass is 9.95. The SMILES string of the molecule is N#CC(C(=O)c1ccc(Cl)s1)c1ccc2c(c1)OCO2. The number of carbonyl (C=O) groups is 1. The zero-order valence-electron chi connectivity index (χ0n) is 10.1. The van der Waals surface area contributed by atoms with Crippen LogP contribution < -0.4 is 9.47 Å². The Labute approximate surface area is 124 Å². The number of carbonyl (C=O) groups excluding carboxylic acids is 1. The Morgan fingerprint density at radius 1 is 1.30 bits per heavy atom. The van der Waals surface area contributed by atoms with E-state index in [1.165, 1.54) is 11.3 Å². The topological polar surface area (TPSA) is 59.3 Å². The first kappa shape index (κ1) is 13.0. The van der Waals surface area contributed by atoms with E-state index in [9.17, 15) is 10.1 Å². The van der Waals surface area contributed by atoms with Gasteiger partial charge < -0.3 is 9.47 Å². The van der Waals surface area contributed by atoms with Gasteiger partial charge in [0.2, 0.25) is 6.79 Å². The van der Waals surface area contributed by atoms with Gasteiger partial charge in [0.25, 0.3) is 0 Å². The molecule has 0 fully saturated rings. The molecular formula is C14H8ClNO3S. The number of fused-ring (bicyclic) bond motifs is 1. The van der Waals surface area contributed by atoms with Crippen LogP contribution >= 0.6 is 22.9 Å². The van der Waals surface area contributed by atoms with Crippen LogP contribution in [0.1, 0.15) is 21.2 Å². The molecule has 0 bridgehead atoms. The van der Waals surface area contributed by atoms with Gasteiger partial charge in [0.15, 0.2) is 17.3 Å². The molecule has 0 aliphatic carbocycles. The zero-order chi connectivity index (χ0) is 14.1. The summed E-state index contributed by atoms with van der Waals surface area (Å²) in [6.07, 6.45) is 0. The molecule has 1 aliphatic rings. The van der Waals surface area contributed by atoms with Crippen LogP contribution in [0.4, 0.5) is 0 Å². The zero-order valence-corrected chi connectivity index (χ0v) is 11.7. The second-order valence-electron chi connectivity index (χ2n) is 4.14. The first-order valence-electron chi connectivity index (χ1n) is 5.78. The van der Waals surface area contributed by atoms with Crippen LogP contribution in [-0.4, -0.2) is 12.6 Å². The molecule has 1 aromatic carbocycles. The maximum absolute atomic E-state index is 12.3. The molecule has 0 saturated carbocycles. The molecule has 20 heavy (non-hydrogen) atoms. The van der Waals surface area contributed by atoms with Gasteiger partial charge in [0, 0.05) is 0 Å². The molecule has 1 aliphatic heterocycles. The van der Waals surface area contributed by atoms with Crippen LogP contribution in [-0.2, 0) is 0 Å². The molecule has 0 radical (unpaired) electrons. The molecule has 100 valence electrons. The number of rotatable bonds is 3. The maximum Gasteiger partial charge on any atom is 0.231 e. The van der Waals surface area contributed by atoms with Gasteiger partial charge in [-0.3, -0.25) is 4.79 Å². The van der Waals surface area contributed by atoms with Gasteiger partial charge in [-0.25, -0.2) is 0 Å². The van der Waals surface area contributed by atoms with Crippen LogP contribution in [0, 0.1) is 11.3 Å². The van der Waals surface area contributed by atoms with Crippen molar-refractivity contribution in [2.24, 2.45) is 0 Å². The second kappa shape index (κ2) is 5.16. The highest BCUT2D eigenvalue weighted by atomic mass is 35.5. The number of hydrogen-bond acceptors (Lipinski definition) is 5. The fourth-order valence-electron chi connectivity index (χ4n) is 1.97. The Morgan fingerprint density at radius 3 is 2.80 bits per heavy atom. The predicted octanol–water partition coefficient (Wildman–Crippen LogP) is 3.62. The summed E-state index contributed by atoms with van der Waals surface area (Å²) in [5.74, 6) is 0.0410. The molecule has 0 saturated heterocycles. The highest BCUT2D eigenvalue weighted by molar-refractivity contribution is 7.18. The van der Waals surface area contributed by atoms with Crippen molar-refractivity contribution < 1.29 is 14.3 Å². The minimum atomic E-state index is -0.876. The van der Waals surface area contributed by atoms with Crippen molar-refractivity contribution in [1.29, 1.82) is 5.26 Å². The van der Waals surface area contributed by atoms with Crippen LogP contribution in [0.15, 0.2) is 30.3 Å². The van der Waals surface area contributed by atoms with E-state index in [-0.39, 0.29) is 12.6 Å². The van der Waals surface area contributed by atoms with Crippen LogP contribution in [0.5, 0.6) is 11.5 Å². The Hall–Kier alpha value is -2.03. The number of thiophene rings is 1. The maximum atomic E-state index is 12.3. The van der Waals surface area contributed by atoms with Gasteiger partial charge >= 0.3 is 0 Å². The van der Waals surface area contributed by atoms with E-state index in [0.29, 0.717) is 26.3 Å². The summed E-state index contributed by atoms with van der Waals surface area (Å²) < 4.78 is 11.0. The smallest absolute Gasteiger partial charge is 0.231 e. The number of nitrogens with zero attached hydrogens (tertiary/aromatic N) is 1.